The van der Waals surface area contributed by atoms with Crippen LogP contribution in [-0.2, 0) is 0 Å². The number of rotatable bonds is 2. The Hall–Kier alpha value is -2.52. The molecule has 23 heavy (non-hydrogen) atoms. The van der Waals surface area contributed by atoms with Crippen molar-refractivity contribution in [3.05, 3.63) is 83.3 Å². The van der Waals surface area contributed by atoms with Crippen molar-refractivity contribution in [2.75, 3.05) is 0 Å². The van der Waals surface area contributed by atoms with Gasteiger partial charge in [-0.25, -0.2) is 9.97 Å². The first-order valence-electron chi connectivity index (χ1n) is 7.39. The summed E-state index contributed by atoms with van der Waals surface area (Å²) in [5.74, 6) is 0. The van der Waals surface area contributed by atoms with Crippen LogP contribution in [0.5, 0.6) is 0 Å². The lowest BCUT2D eigenvalue weighted by Crippen LogP contribution is -1.95. The Labute approximate surface area is 143 Å². The van der Waals surface area contributed by atoms with Gasteiger partial charge in [0.2, 0.25) is 0 Å². The van der Waals surface area contributed by atoms with Crippen LogP contribution in [0.25, 0.3) is 33.5 Å². The molecule has 0 saturated carbocycles. The first kappa shape index (κ1) is 14.1. The Morgan fingerprint density at radius 2 is 1.00 bits per heavy atom. The molecule has 2 nitrogen and oxygen atoms in total. The number of aromatic nitrogens is 2. The maximum Gasteiger partial charge on any atom is 0.0973 e. The molecular weight excluding hydrogens is 348 g/mol. The van der Waals surface area contributed by atoms with Gasteiger partial charge in [-0.15, -0.1) is 0 Å². The molecule has 0 N–H and O–H groups in total. The van der Waals surface area contributed by atoms with Crippen molar-refractivity contribution in [1.29, 1.82) is 0 Å². The molecule has 110 valence electrons. The SMILES string of the molecule is Brc1ccc(-c2nc3ccccc3nc2-c2ccccc2)cc1. The van der Waals surface area contributed by atoms with Crippen molar-refractivity contribution in [2.24, 2.45) is 0 Å². The molecule has 0 amide bonds. The third-order valence-corrected chi connectivity index (χ3v) is 4.26. The Morgan fingerprint density at radius 1 is 0.522 bits per heavy atom. The van der Waals surface area contributed by atoms with Crippen LogP contribution in [0.4, 0.5) is 0 Å². The van der Waals surface area contributed by atoms with Gasteiger partial charge in [-0.3, -0.25) is 0 Å². The van der Waals surface area contributed by atoms with E-state index in [2.05, 4.69) is 40.2 Å². The predicted molar refractivity (Wildman–Crippen MR) is 98.1 cm³/mol. The lowest BCUT2D eigenvalue weighted by molar-refractivity contribution is 1.29. The molecule has 4 rings (SSSR count). The molecule has 0 atom stereocenters. The average Bonchev–Trinajstić information content (AvgIpc) is 2.62. The Bertz CT molecular complexity index is 964. The van der Waals surface area contributed by atoms with Gasteiger partial charge in [0, 0.05) is 15.6 Å². The second-order valence-corrected chi connectivity index (χ2v) is 6.20. The van der Waals surface area contributed by atoms with Gasteiger partial charge < -0.3 is 0 Å². The number of halogens is 1. The zero-order valence-electron chi connectivity index (χ0n) is 12.3. The summed E-state index contributed by atoms with van der Waals surface area (Å²) in [7, 11) is 0. The van der Waals surface area contributed by atoms with Crippen LogP contribution in [0.3, 0.4) is 0 Å². The zero-order chi connectivity index (χ0) is 15.6. The maximum absolute atomic E-state index is 4.87. The number of fused-ring (bicyclic) bond motifs is 1. The number of hydrogen-bond acceptors (Lipinski definition) is 2. The van der Waals surface area contributed by atoms with Crippen LogP contribution in [0.15, 0.2) is 83.3 Å². The normalized spacial score (nSPS) is 10.8. The number of nitrogens with zero attached hydrogens (tertiary/aromatic N) is 2. The van der Waals surface area contributed by atoms with E-state index in [1.807, 2.05) is 54.6 Å². The fraction of sp³-hybridized carbons (Fsp3) is 0. The van der Waals surface area contributed by atoms with Gasteiger partial charge in [0.05, 0.1) is 22.4 Å². The molecule has 1 aromatic heterocycles. The van der Waals surface area contributed by atoms with Gasteiger partial charge in [0.25, 0.3) is 0 Å². The molecule has 0 radical (unpaired) electrons. The fourth-order valence-corrected chi connectivity index (χ4v) is 2.87. The number of hydrogen-bond donors (Lipinski definition) is 0. The highest BCUT2D eigenvalue weighted by atomic mass is 79.9. The van der Waals surface area contributed by atoms with Crippen LogP contribution in [0.1, 0.15) is 0 Å². The van der Waals surface area contributed by atoms with Gasteiger partial charge in [-0.2, -0.15) is 0 Å². The van der Waals surface area contributed by atoms with Gasteiger partial charge in [-0.1, -0.05) is 70.5 Å². The van der Waals surface area contributed by atoms with E-state index in [4.69, 9.17) is 9.97 Å². The van der Waals surface area contributed by atoms with Crippen molar-refractivity contribution < 1.29 is 0 Å². The summed E-state index contributed by atoms with van der Waals surface area (Å²) in [4.78, 5) is 9.74. The molecule has 1 heterocycles. The Kier molecular flexibility index (Phi) is 3.64. The Balaban J connectivity index is 2.02. The predicted octanol–water partition coefficient (Wildman–Crippen LogP) is 5.73. The molecule has 0 fully saturated rings. The third-order valence-electron chi connectivity index (χ3n) is 3.74. The van der Waals surface area contributed by atoms with Crippen LogP contribution in [0, 0.1) is 0 Å². The van der Waals surface area contributed by atoms with E-state index in [-0.39, 0.29) is 0 Å². The topological polar surface area (TPSA) is 25.8 Å². The van der Waals surface area contributed by atoms with Crippen LogP contribution >= 0.6 is 15.9 Å². The van der Waals surface area contributed by atoms with Gasteiger partial charge in [0.15, 0.2) is 0 Å². The van der Waals surface area contributed by atoms with Crippen molar-refractivity contribution in [3.8, 4) is 22.5 Å². The molecule has 0 bridgehead atoms. The lowest BCUT2D eigenvalue weighted by Gasteiger charge is -2.10. The van der Waals surface area contributed by atoms with E-state index < -0.39 is 0 Å². The van der Waals surface area contributed by atoms with E-state index in [1.54, 1.807) is 0 Å². The first-order valence-corrected chi connectivity index (χ1v) is 8.19. The quantitative estimate of drug-likeness (QED) is 0.456. The van der Waals surface area contributed by atoms with E-state index >= 15 is 0 Å². The van der Waals surface area contributed by atoms with E-state index in [0.717, 1.165) is 38.0 Å². The van der Waals surface area contributed by atoms with Gasteiger partial charge >= 0.3 is 0 Å². The molecule has 0 aliphatic carbocycles. The highest BCUT2D eigenvalue weighted by Crippen LogP contribution is 2.31. The minimum absolute atomic E-state index is 0.905. The minimum atomic E-state index is 0.905. The maximum atomic E-state index is 4.87. The largest absolute Gasteiger partial charge is 0.244 e. The standard InChI is InChI=1S/C20H13BrN2/c21-16-12-10-15(11-13-16)20-19(14-6-2-1-3-7-14)22-17-8-4-5-9-18(17)23-20/h1-13H. The molecule has 3 heteroatoms. The zero-order valence-corrected chi connectivity index (χ0v) is 13.9. The summed E-state index contributed by atoms with van der Waals surface area (Å²) < 4.78 is 1.05. The minimum Gasteiger partial charge on any atom is -0.244 e. The molecule has 0 aliphatic rings. The smallest absolute Gasteiger partial charge is 0.0973 e. The summed E-state index contributed by atoms with van der Waals surface area (Å²) in [5, 5.41) is 0. The summed E-state index contributed by atoms with van der Waals surface area (Å²) in [6, 6.07) is 26.4. The van der Waals surface area contributed by atoms with Crippen molar-refractivity contribution in [3.63, 3.8) is 0 Å². The molecule has 0 unspecified atom stereocenters. The molecule has 0 saturated heterocycles. The molecule has 0 spiro atoms. The average molecular weight is 361 g/mol. The van der Waals surface area contributed by atoms with Gasteiger partial charge in [-0.05, 0) is 24.3 Å². The monoisotopic (exact) mass is 360 g/mol. The molecule has 0 aliphatic heterocycles. The lowest BCUT2D eigenvalue weighted by atomic mass is 10.0. The fourth-order valence-electron chi connectivity index (χ4n) is 2.61. The first-order chi connectivity index (χ1) is 11.3. The van der Waals surface area contributed by atoms with Crippen molar-refractivity contribution in [1.82, 2.24) is 9.97 Å². The van der Waals surface area contributed by atoms with E-state index in [9.17, 15) is 0 Å². The summed E-state index contributed by atoms with van der Waals surface area (Å²) in [6.45, 7) is 0. The van der Waals surface area contributed by atoms with Crippen LogP contribution in [-0.4, -0.2) is 9.97 Å². The Morgan fingerprint density at radius 3 is 1.57 bits per heavy atom. The molecule has 4 aromatic rings. The highest BCUT2D eigenvalue weighted by molar-refractivity contribution is 9.10. The van der Waals surface area contributed by atoms with E-state index in [1.165, 1.54) is 0 Å². The van der Waals surface area contributed by atoms with Crippen molar-refractivity contribution in [2.45, 2.75) is 0 Å². The highest BCUT2D eigenvalue weighted by Gasteiger charge is 2.12. The van der Waals surface area contributed by atoms with E-state index in [0.29, 0.717) is 0 Å². The van der Waals surface area contributed by atoms with Crippen LogP contribution < -0.4 is 0 Å². The summed E-state index contributed by atoms with van der Waals surface area (Å²) in [6.07, 6.45) is 0. The second kappa shape index (κ2) is 5.94. The summed E-state index contributed by atoms with van der Waals surface area (Å²) >= 11 is 3.49. The third kappa shape index (κ3) is 2.76. The second-order valence-electron chi connectivity index (χ2n) is 5.28. The van der Waals surface area contributed by atoms with Crippen molar-refractivity contribution >= 4 is 27.0 Å². The summed E-state index contributed by atoms with van der Waals surface area (Å²) in [5.41, 5.74) is 5.76. The molecule has 3 aromatic carbocycles. The van der Waals surface area contributed by atoms with Gasteiger partial charge in [0.1, 0.15) is 0 Å². The molecular formula is C20H13BrN2. The number of para-hydroxylation sites is 2. The van der Waals surface area contributed by atoms with Crippen LogP contribution in [0.2, 0.25) is 0 Å². The number of benzene rings is 3.